The first-order valence-electron chi connectivity index (χ1n) is 11.1. The number of benzene rings is 1. The first kappa shape index (κ1) is 22.5. The first-order valence-corrected chi connectivity index (χ1v) is 11.1. The van der Waals surface area contributed by atoms with Gasteiger partial charge in [-0.05, 0) is 24.9 Å². The van der Waals surface area contributed by atoms with Crippen molar-refractivity contribution in [3.05, 3.63) is 48.5 Å². The molecule has 6 N–H and O–H groups in total. The van der Waals surface area contributed by atoms with Crippen molar-refractivity contribution in [2.24, 2.45) is 5.73 Å². The SMILES string of the molecule is NC(=O)OC[C@H]1O[C@@H](n2cnc3c(N[C@]4(Cc5ccccc5)CCNC4)ncnc32)[C@H](O)[C@@H]1O. The fourth-order valence-electron chi connectivity index (χ4n) is 4.67. The third-order valence-corrected chi connectivity index (χ3v) is 6.37. The Morgan fingerprint density at radius 1 is 1.26 bits per heavy atom. The molecular weight excluding hydrogens is 442 g/mol. The van der Waals surface area contributed by atoms with Gasteiger partial charge in [-0.2, -0.15) is 0 Å². The molecule has 5 atom stereocenters. The number of fused-ring (bicyclic) bond motifs is 1. The molecule has 2 aliphatic rings. The number of hydrogen-bond donors (Lipinski definition) is 5. The normalized spacial score (nSPS) is 28.9. The van der Waals surface area contributed by atoms with Crippen molar-refractivity contribution < 1.29 is 24.5 Å². The number of carbonyl (C=O) groups is 1. The zero-order valence-electron chi connectivity index (χ0n) is 18.4. The molecule has 2 fully saturated rings. The van der Waals surface area contributed by atoms with Gasteiger partial charge in [0.05, 0.1) is 11.9 Å². The average Bonchev–Trinajstić information content (AvgIpc) is 3.53. The summed E-state index contributed by atoms with van der Waals surface area (Å²) in [5.74, 6) is 0.574. The molecule has 180 valence electrons. The van der Waals surface area contributed by atoms with Gasteiger partial charge < -0.3 is 36.1 Å². The quantitative estimate of drug-likeness (QED) is 0.316. The Bertz CT molecular complexity index is 1150. The number of hydrogen-bond acceptors (Lipinski definition) is 10. The Morgan fingerprint density at radius 2 is 2.09 bits per heavy atom. The minimum Gasteiger partial charge on any atom is -0.447 e. The number of aliphatic hydroxyl groups excluding tert-OH is 2. The topological polar surface area (TPSA) is 170 Å². The van der Waals surface area contributed by atoms with E-state index in [1.165, 1.54) is 22.8 Å². The minimum absolute atomic E-state index is 0.247. The van der Waals surface area contributed by atoms with E-state index >= 15 is 0 Å². The zero-order chi connectivity index (χ0) is 23.7. The Labute approximate surface area is 195 Å². The fraction of sp³-hybridized carbons (Fsp3) is 0.455. The first-order chi connectivity index (χ1) is 16.5. The van der Waals surface area contributed by atoms with Crippen molar-refractivity contribution in [1.82, 2.24) is 24.8 Å². The lowest BCUT2D eigenvalue weighted by atomic mass is 9.90. The van der Waals surface area contributed by atoms with Crippen molar-refractivity contribution in [2.75, 3.05) is 25.0 Å². The molecule has 0 unspecified atom stereocenters. The van der Waals surface area contributed by atoms with Gasteiger partial charge in [-0.3, -0.25) is 4.57 Å². The highest BCUT2D eigenvalue weighted by atomic mass is 16.6. The van der Waals surface area contributed by atoms with Gasteiger partial charge in [0.1, 0.15) is 31.2 Å². The Morgan fingerprint density at radius 3 is 2.82 bits per heavy atom. The van der Waals surface area contributed by atoms with Crippen LogP contribution in [-0.4, -0.2) is 79.4 Å². The van der Waals surface area contributed by atoms with Crippen LogP contribution in [0.1, 0.15) is 18.2 Å². The number of nitrogens with zero attached hydrogens (tertiary/aromatic N) is 4. The van der Waals surface area contributed by atoms with Gasteiger partial charge in [0.2, 0.25) is 0 Å². The maximum Gasteiger partial charge on any atom is 0.404 e. The van der Waals surface area contributed by atoms with Crippen molar-refractivity contribution in [3.63, 3.8) is 0 Å². The van der Waals surface area contributed by atoms with E-state index in [0.717, 1.165) is 25.9 Å². The van der Waals surface area contributed by atoms with Crippen molar-refractivity contribution in [1.29, 1.82) is 0 Å². The van der Waals surface area contributed by atoms with Gasteiger partial charge in [0, 0.05) is 6.54 Å². The van der Waals surface area contributed by atoms with Crippen molar-refractivity contribution >= 4 is 23.1 Å². The largest absolute Gasteiger partial charge is 0.447 e. The third-order valence-electron chi connectivity index (χ3n) is 6.37. The molecule has 3 aromatic rings. The summed E-state index contributed by atoms with van der Waals surface area (Å²) in [6.07, 6.45) is -0.840. The molecule has 12 nitrogen and oxygen atoms in total. The molecule has 34 heavy (non-hydrogen) atoms. The van der Waals surface area contributed by atoms with E-state index in [9.17, 15) is 15.0 Å². The summed E-state index contributed by atoms with van der Waals surface area (Å²) in [6.45, 7) is 1.37. The molecule has 1 aromatic carbocycles. The van der Waals surface area contributed by atoms with Gasteiger partial charge in [-0.1, -0.05) is 30.3 Å². The number of aliphatic hydroxyl groups is 2. The molecular formula is C22H27N7O5. The van der Waals surface area contributed by atoms with Gasteiger partial charge in [0.25, 0.3) is 0 Å². The van der Waals surface area contributed by atoms with Crippen molar-refractivity contribution in [2.45, 2.75) is 42.9 Å². The summed E-state index contributed by atoms with van der Waals surface area (Å²) < 4.78 is 12.0. The number of carbonyl (C=O) groups excluding carboxylic acids is 1. The zero-order valence-corrected chi connectivity index (χ0v) is 18.4. The number of anilines is 1. The molecule has 0 radical (unpaired) electrons. The van der Waals surface area contributed by atoms with E-state index in [-0.39, 0.29) is 12.1 Å². The highest BCUT2D eigenvalue weighted by Crippen LogP contribution is 2.33. The summed E-state index contributed by atoms with van der Waals surface area (Å²) in [6, 6.07) is 10.3. The second-order valence-corrected chi connectivity index (χ2v) is 8.72. The predicted octanol–water partition coefficient (Wildman–Crippen LogP) is -0.0725. The van der Waals surface area contributed by atoms with Crippen molar-refractivity contribution in [3.8, 4) is 0 Å². The van der Waals surface area contributed by atoms with E-state index < -0.39 is 30.6 Å². The van der Waals surface area contributed by atoms with E-state index in [1.54, 1.807) is 0 Å². The highest BCUT2D eigenvalue weighted by molar-refractivity contribution is 5.83. The predicted molar refractivity (Wildman–Crippen MR) is 121 cm³/mol. The van der Waals surface area contributed by atoms with Crippen LogP contribution in [0.3, 0.4) is 0 Å². The molecule has 0 aliphatic carbocycles. The molecule has 4 heterocycles. The minimum atomic E-state index is -1.28. The molecule has 0 bridgehead atoms. The van der Waals surface area contributed by atoms with Gasteiger partial charge in [-0.25, -0.2) is 19.7 Å². The molecule has 2 aliphatic heterocycles. The number of nitrogens with one attached hydrogen (secondary N) is 2. The summed E-state index contributed by atoms with van der Waals surface area (Å²) in [4.78, 5) is 24.2. The average molecular weight is 470 g/mol. The van der Waals surface area contributed by atoms with Crippen LogP contribution in [0.2, 0.25) is 0 Å². The lowest BCUT2D eigenvalue weighted by Gasteiger charge is -2.30. The number of primary amides is 1. The Kier molecular flexibility index (Phi) is 6.04. The molecule has 0 spiro atoms. The molecule has 1 amide bonds. The monoisotopic (exact) mass is 469 g/mol. The van der Waals surface area contributed by atoms with Crippen LogP contribution in [0, 0.1) is 0 Å². The maximum absolute atomic E-state index is 10.9. The standard InChI is InChI=1S/C22H27N7O5/c23-21(32)33-9-14-16(30)17(31)20(34-14)29-12-27-15-18(25-11-26-19(15)29)28-22(6-7-24-10-22)8-13-4-2-1-3-5-13/h1-5,11-12,14,16-17,20,24,30-31H,6-10H2,(H2,23,32)(H,25,26,28)/t14-,16-,17-,20-,22+/m1/s1. The van der Waals surface area contributed by atoms with Crippen LogP contribution >= 0.6 is 0 Å². The summed E-state index contributed by atoms with van der Waals surface area (Å²) >= 11 is 0. The van der Waals surface area contributed by atoms with Gasteiger partial charge in [-0.15, -0.1) is 0 Å². The highest BCUT2D eigenvalue weighted by Gasteiger charge is 2.45. The molecule has 0 saturated carbocycles. The molecule has 5 rings (SSSR count). The van der Waals surface area contributed by atoms with Gasteiger partial charge in [0.15, 0.2) is 23.2 Å². The number of rotatable bonds is 7. The number of nitrogens with two attached hydrogens (primary N) is 1. The fourth-order valence-corrected chi connectivity index (χ4v) is 4.67. The summed E-state index contributed by atoms with van der Waals surface area (Å²) in [5, 5.41) is 27.9. The Hall–Kier alpha value is -3.32. The van der Waals surface area contributed by atoms with E-state index in [2.05, 4.69) is 37.7 Å². The molecule has 2 saturated heterocycles. The van der Waals surface area contributed by atoms with E-state index in [0.29, 0.717) is 17.0 Å². The second-order valence-electron chi connectivity index (χ2n) is 8.72. The lowest BCUT2D eigenvalue weighted by molar-refractivity contribution is -0.0526. The lowest BCUT2D eigenvalue weighted by Crippen LogP contribution is -2.43. The van der Waals surface area contributed by atoms with Crippen LogP contribution < -0.4 is 16.4 Å². The van der Waals surface area contributed by atoms with Crippen LogP contribution in [0.25, 0.3) is 11.2 Å². The van der Waals surface area contributed by atoms with E-state index in [1.807, 2.05) is 18.2 Å². The van der Waals surface area contributed by atoms with Crippen LogP contribution in [0.15, 0.2) is 43.0 Å². The molecule has 2 aromatic heterocycles. The smallest absolute Gasteiger partial charge is 0.404 e. The number of ether oxygens (including phenoxy) is 2. The van der Waals surface area contributed by atoms with E-state index in [4.69, 9.17) is 15.2 Å². The summed E-state index contributed by atoms with van der Waals surface area (Å²) in [5.41, 5.74) is 6.92. The second kappa shape index (κ2) is 9.14. The van der Waals surface area contributed by atoms with Crippen LogP contribution in [0.4, 0.5) is 10.6 Å². The number of amides is 1. The summed E-state index contributed by atoms with van der Waals surface area (Å²) in [7, 11) is 0. The maximum atomic E-state index is 10.9. The number of aromatic nitrogens is 4. The Balaban J connectivity index is 1.41. The number of imidazole rings is 1. The van der Waals surface area contributed by atoms with Crippen LogP contribution in [-0.2, 0) is 15.9 Å². The molecule has 12 heteroatoms. The van der Waals surface area contributed by atoms with Gasteiger partial charge >= 0.3 is 6.09 Å². The van der Waals surface area contributed by atoms with Crippen LogP contribution in [0.5, 0.6) is 0 Å². The third kappa shape index (κ3) is 4.28.